The highest BCUT2D eigenvalue weighted by Gasteiger charge is 2.59. The largest absolute Gasteiger partial charge is 0.472 e. The van der Waals surface area contributed by atoms with Crippen molar-refractivity contribution in [2.45, 2.75) is 143 Å². The van der Waals surface area contributed by atoms with Crippen molar-refractivity contribution in [3.05, 3.63) is 11.6 Å². The Labute approximate surface area is 306 Å². The van der Waals surface area contributed by atoms with E-state index in [4.69, 9.17) is 9.05 Å². The van der Waals surface area contributed by atoms with Gasteiger partial charge in [0.05, 0.1) is 27.7 Å². The van der Waals surface area contributed by atoms with Crippen LogP contribution in [0.25, 0.3) is 0 Å². The second kappa shape index (κ2) is 18.5. The van der Waals surface area contributed by atoms with Gasteiger partial charge in [0.1, 0.15) is 13.2 Å². The molecule has 5 unspecified atom stereocenters. The lowest BCUT2D eigenvalue weighted by Gasteiger charge is -2.58. The molecule has 290 valence electrons. The Morgan fingerprint density at radius 1 is 0.940 bits per heavy atom. The van der Waals surface area contributed by atoms with E-state index in [1.54, 1.807) is 5.57 Å². The minimum absolute atomic E-state index is 0.0792. The molecule has 0 spiro atoms. The minimum atomic E-state index is -4.01. The molecule has 0 heterocycles. The van der Waals surface area contributed by atoms with Crippen LogP contribution in [0, 0.1) is 46.3 Å². The summed E-state index contributed by atoms with van der Waals surface area (Å²) in [5, 5.41) is 6.91. The van der Waals surface area contributed by atoms with Crippen LogP contribution in [0.2, 0.25) is 0 Å². The van der Waals surface area contributed by atoms with E-state index in [-0.39, 0.29) is 19.1 Å². The van der Waals surface area contributed by atoms with Crippen molar-refractivity contribution in [2.24, 2.45) is 46.3 Å². The number of amides is 1. The Kier molecular flexibility index (Phi) is 15.6. The fraction of sp³-hybridized carbons (Fsp3) is 0.927. The number of unbranched alkanes of at least 4 members (excludes halogenated alkanes) is 2. The Hall–Kier alpha value is -0.760. The summed E-state index contributed by atoms with van der Waals surface area (Å²) < 4.78 is 22.7. The predicted octanol–water partition coefficient (Wildman–Crippen LogP) is 8.89. The molecule has 4 rings (SSSR count). The van der Waals surface area contributed by atoms with Crippen LogP contribution in [0.1, 0.15) is 137 Å². The van der Waals surface area contributed by atoms with Gasteiger partial charge in [-0.3, -0.25) is 13.8 Å². The molecule has 3 N–H and O–H groups in total. The second-order valence-electron chi connectivity index (χ2n) is 18.8. The molecule has 1 amide bonds. The molecule has 3 fully saturated rings. The van der Waals surface area contributed by atoms with E-state index in [0.717, 1.165) is 61.3 Å². The van der Waals surface area contributed by atoms with Gasteiger partial charge in [0.25, 0.3) is 0 Å². The molecular weight excluding hydrogens is 645 g/mol. The molecule has 0 saturated heterocycles. The second-order valence-corrected chi connectivity index (χ2v) is 20.3. The number of phosphoric ester groups is 1. The van der Waals surface area contributed by atoms with Crippen molar-refractivity contribution in [2.75, 3.05) is 54.0 Å². The highest BCUT2D eigenvalue weighted by Crippen LogP contribution is 2.67. The molecule has 0 aromatic heterocycles. The lowest BCUT2D eigenvalue weighted by molar-refractivity contribution is -0.870. The number of fused-ring (bicyclic) bond motifs is 5. The molecule has 9 heteroatoms. The summed E-state index contributed by atoms with van der Waals surface area (Å²) in [7, 11) is 1.98. The van der Waals surface area contributed by atoms with Gasteiger partial charge in [0.2, 0.25) is 5.91 Å². The van der Waals surface area contributed by atoms with Crippen LogP contribution < -0.4 is 10.6 Å². The van der Waals surface area contributed by atoms with Gasteiger partial charge >= 0.3 is 7.82 Å². The van der Waals surface area contributed by atoms with Crippen LogP contribution in [0.15, 0.2) is 11.6 Å². The third-order valence-corrected chi connectivity index (χ3v) is 14.8. The number of quaternary nitrogens is 1. The number of hydrogen-bond acceptors (Lipinski definition) is 5. The molecule has 3 saturated carbocycles. The van der Waals surface area contributed by atoms with Crippen LogP contribution in [0.3, 0.4) is 0 Å². The first-order chi connectivity index (χ1) is 23.5. The Bertz CT molecular complexity index is 1160. The Morgan fingerprint density at radius 3 is 2.44 bits per heavy atom. The number of nitrogens with one attached hydrogen (secondary N) is 2. The van der Waals surface area contributed by atoms with E-state index in [2.05, 4.69) is 51.3 Å². The van der Waals surface area contributed by atoms with E-state index in [1.807, 2.05) is 21.1 Å². The third-order valence-electron chi connectivity index (χ3n) is 13.7. The van der Waals surface area contributed by atoms with Gasteiger partial charge in [0.15, 0.2) is 0 Å². The molecule has 0 aromatic carbocycles. The van der Waals surface area contributed by atoms with Crippen LogP contribution in [0.5, 0.6) is 0 Å². The van der Waals surface area contributed by atoms with Crippen LogP contribution >= 0.6 is 7.82 Å². The van der Waals surface area contributed by atoms with Crippen molar-refractivity contribution >= 4 is 13.7 Å². The summed E-state index contributed by atoms with van der Waals surface area (Å²) in [6, 6.07) is 0.553. The van der Waals surface area contributed by atoms with Gasteiger partial charge in [-0.15, -0.1) is 0 Å². The first kappa shape index (κ1) is 42.0. The number of carbonyl (C=O) groups excluding carboxylic acids is 1. The lowest BCUT2D eigenvalue weighted by atomic mass is 9.47. The zero-order valence-electron chi connectivity index (χ0n) is 33.4. The summed E-state index contributed by atoms with van der Waals surface area (Å²) in [5.41, 5.74) is 2.69. The maximum atomic E-state index is 12.3. The highest BCUT2D eigenvalue weighted by atomic mass is 31.2. The van der Waals surface area contributed by atoms with Crippen molar-refractivity contribution in [3.63, 3.8) is 0 Å². The summed E-state index contributed by atoms with van der Waals surface area (Å²) in [5.74, 6) is 5.38. The van der Waals surface area contributed by atoms with E-state index in [0.29, 0.717) is 47.3 Å². The van der Waals surface area contributed by atoms with Crippen LogP contribution in [-0.2, 0) is 18.4 Å². The number of rotatable bonds is 21. The van der Waals surface area contributed by atoms with Gasteiger partial charge in [-0.25, -0.2) is 4.57 Å². The molecule has 50 heavy (non-hydrogen) atoms. The minimum Gasteiger partial charge on any atom is -0.356 e. The van der Waals surface area contributed by atoms with Crippen molar-refractivity contribution < 1.29 is 27.8 Å². The maximum Gasteiger partial charge on any atom is 0.472 e. The lowest BCUT2D eigenvalue weighted by Crippen LogP contribution is -2.51. The van der Waals surface area contributed by atoms with Crippen molar-refractivity contribution in [1.29, 1.82) is 0 Å². The fourth-order valence-electron chi connectivity index (χ4n) is 10.8. The third kappa shape index (κ3) is 11.6. The van der Waals surface area contributed by atoms with Crippen LogP contribution in [-0.4, -0.2) is 75.3 Å². The molecule has 0 aromatic rings. The van der Waals surface area contributed by atoms with Crippen molar-refractivity contribution in [1.82, 2.24) is 10.6 Å². The summed E-state index contributed by atoms with van der Waals surface area (Å²) >= 11 is 0. The number of nitrogens with zero attached hydrogens (tertiary/aromatic N) is 1. The van der Waals surface area contributed by atoms with Crippen molar-refractivity contribution in [3.8, 4) is 0 Å². The molecule has 0 aliphatic heterocycles. The predicted molar refractivity (Wildman–Crippen MR) is 206 cm³/mol. The molecule has 4 aliphatic rings. The van der Waals surface area contributed by atoms with E-state index in [9.17, 15) is 14.3 Å². The van der Waals surface area contributed by atoms with E-state index < -0.39 is 7.82 Å². The average molecular weight is 723 g/mol. The average Bonchev–Trinajstić information content (AvgIpc) is 3.39. The SMILES string of the molecule is CC(C)CCC[C@@H](C)C1CC[C@H]2[C@@H]3CC=C4C[C@@H](NCCCNC(=O)CCCCCOP(=O)(O)OCC[N+](C)(C)C)CCC4(C)C3CCC12C. The van der Waals surface area contributed by atoms with Gasteiger partial charge in [-0.2, -0.15) is 0 Å². The first-order valence-electron chi connectivity index (χ1n) is 20.7. The first-order valence-corrected chi connectivity index (χ1v) is 22.2. The standard InChI is InChI=1S/C41H76N3O5P/c1-31(2)14-12-15-32(3)36-19-20-37-35-18-17-33-30-34(21-23-40(33,4)38(35)22-24-41(36,37)5)42-25-13-26-43-39(45)16-10-9-11-28-48-50(46,47)49-29-27-44(6,7)8/h17,31-32,34-38,42H,9-16,18-30H2,1-8H3,(H-,43,45,46,47)/p+1/t32-,34+,35+,36?,37+,38?,40?,41?/m1/s1. The molecule has 0 radical (unpaired) electrons. The highest BCUT2D eigenvalue weighted by molar-refractivity contribution is 7.47. The van der Waals surface area contributed by atoms with Gasteiger partial charge in [0, 0.05) is 19.0 Å². The quantitative estimate of drug-likeness (QED) is 0.0474. The molecule has 4 aliphatic carbocycles. The normalized spacial score (nSPS) is 32.8. The number of carbonyl (C=O) groups is 1. The summed E-state index contributed by atoms with van der Waals surface area (Å²) in [6.07, 6.45) is 21.4. The molecule has 9 atom stereocenters. The number of hydrogen-bond donors (Lipinski definition) is 3. The zero-order chi connectivity index (χ0) is 36.6. The zero-order valence-corrected chi connectivity index (χ0v) is 34.3. The fourth-order valence-corrected chi connectivity index (χ4v) is 11.5. The molecular formula is C41H77N3O5P+. The monoisotopic (exact) mass is 723 g/mol. The van der Waals surface area contributed by atoms with E-state index in [1.165, 1.54) is 70.6 Å². The Balaban J connectivity index is 1.09. The summed E-state index contributed by atoms with van der Waals surface area (Å²) in [4.78, 5) is 22.1. The number of phosphoric acid groups is 1. The number of likely N-dealkylation sites (N-methyl/N-ethyl adjacent to an activating group) is 1. The smallest absolute Gasteiger partial charge is 0.356 e. The van der Waals surface area contributed by atoms with Gasteiger partial charge in [-0.1, -0.05) is 72.0 Å². The van der Waals surface area contributed by atoms with Gasteiger partial charge in [-0.05, 0) is 124 Å². The number of allylic oxidation sites excluding steroid dienone is 1. The molecule has 8 nitrogen and oxygen atoms in total. The summed E-state index contributed by atoms with van der Waals surface area (Å²) in [6.45, 7) is 15.2. The van der Waals surface area contributed by atoms with Gasteiger partial charge < -0.3 is 20.0 Å². The molecule has 0 bridgehead atoms. The maximum absolute atomic E-state index is 12.3. The van der Waals surface area contributed by atoms with E-state index >= 15 is 0 Å². The topological polar surface area (TPSA) is 96.9 Å². The Morgan fingerprint density at radius 2 is 1.70 bits per heavy atom. The van der Waals surface area contributed by atoms with Crippen LogP contribution in [0.4, 0.5) is 0 Å².